The maximum Gasteiger partial charge on any atom is 0.231 e. The Morgan fingerprint density at radius 3 is 2.50 bits per heavy atom. The van der Waals surface area contributed by atoms with Gasteiger partial charge in [-0.25, -0.2) is 0 Å². The van der Waals surface area contributed by atoms with E-state index < -0.39 is 5.41 Å². The molecule has 5 rings (SSSR count). The zero-order chi connectivity index (χ0) is 23.7. The Labute approximate surface area is 201 Å². The normalized spacial score (nSPS) is 23.4. The van der Waals surface area contributed by atoms with E-state index in [-0.39, 0.29) is 30.3 Å². The Morgan fingerprint density at radius 2 is 1.85 bits per heavy atom. The first-order valence-corrected chi connectivity index (χ1v) is 12.8. The van der Waals surface area contributed by atoms with E-state index in [0.717, 1.165) is 60.4 Å². The van der Waals surface area contributed by atoms with E-state index in [1.165, 1.54) is 19.3 Å². The largest absolute Gasteiger partial charge is 0.490 e. The highest BCUT2D eigenvalue weighted by Gasteiger charge is 2.45. The second-order valence-corrected chi connectivity index (χ2v) is 10.5. The molecule has 3 aliphatic rings. The molecule has 0 bridgehead atoms. The van der Waals surface area contributed by atoms with Gasteiger partial charge < -0.3 is 15.8 Å². The Balaban J connectivity index is 1.57. The molecule has 2 saturated carbocycles. The van der Waals surface area contributed by atoms with Gasteiger partial charge in [-0.05, 0) is 44.2 Å². The minimum absolute atomic E-state index is 0.115. The molecule has 6 heteroatoms. The summed E-state index contributed by atoms with van der Waals surface area (Å²) in [6.45, 7) is 2.59. The van der Waals surface area contributed by atoms with Crippen LogP contribution in [0.25, 0.3) is 0 Å². The van der Waals surface area contributed by atoms with Crippen molar-refractivity contribution >= 4 is 11.8 Å². The average Bonchev–Trinajstić information content (AvgIpc) is 3.17. The molecule has 2 amide bonds. The maximum atomic E-state index is 12.7. The highest BCUT2D eigenvalue weighted by Crippen LogP contribution is 2.47. The monoisotopic (exact) mass is 461 g/mol. The number of rotatable bonds is 7. The van der Waals surface area contributed by atoms with Crippen LogP contribution in [0.15, 0.2) is 36.4 Å². The minimum atomic E-state index is -0.882. The Kier molecular flexibility index (Phi) is 6.32. The lowest BCUT2D eigenvalue weighted by Gasteiger charge is -2.28. The number of benzene rings is 1. The number of amides is 2. The van der Waals surface area contributed by atoms with Crippen molar-refractivity contribution in [1.29, 1.82) is 0 Å². The van der Waals surface area contributed by atoms with Crippen molar-refractivity contribution in [3.8, 4) is 5.75 Å². The average molecular weight is 462 g/mol. The van der Waals surface area contributed by atoms with Crippen LogP contribution in [0.4, 0.5) is 0 Å². The predicted octanol–water partition coefficient (Wildman–Crippen LogP) is 4.31. The van der Waals surface area contributed by atoms with Crippen LogP contribution >= 0.6 is 0 Å². The van der Waals surface area contributed by atoms with Crippen molar-refractivity contribution in [2.75, 3.05) is 13.2 Å². The molecule has 0 spiro atoms. The van der Waals surface area contributed by atoms with Gasteiger partial charge in [-0.15, -0.1) is 0 Å². The van der Waals surface area contributed by atoms with Gasteiger partial charge in [0.1, 0.15) is 17.8 Å². The summed E-state index contributed by atoms with van der Waals surface area (Å²) in [7, 11) is 0. The van der Waals surface area contributed by atoms with Crippen molar-refractivity contribution in [1.82, 2.24) is 10.3 Å². The molecule has 1 aromatic heterocycles. The Morgan fingerprint density at radius 1 is 1.12 bits per heavy atom. The van der Waals surface area contributed by atoms with Crippen molar-refractivity contribution in [3.63, 3.8) is 0 Å². The number of nitrogens with two attached hydrogens (primary N) is 1. The molecule has 34 heavy (non-hydrogen) atoms. The minimum Gasteiger partial charge on any atom is -0.490 e. The van der Waals surface area contributed by atoms with Gasteiger partial charge in [-0.1, -0.05) is 56.0 Å². The molecule has 2 atom stereocenters. The van der Waals surface area contributed by atoms with Crippen LogP contribution in [-0.2, 0) is 15.0 Å². The van der Waals surface area contributed by atoms with E-state index >= 15 is 0 Å². The highest BCUT2D eigenvalue weighted by atomic mass is 16.5. The zero-order valence-electron chi connectivity index (χ0n) is 20.0. The second kappa shape index (κ2) is 9.40. The van der Waals surface area contributed by atoms with Gasteiger partial charge in [0.25, 0.3) is 0 Å². The lowest BCUT2D eigenvalue weighted by molar-refractivity contribution is -0.127. The number of carbonyl (C=O) groups is 2. The third-order valence-electron chi connectivity index (χ3n) is 8.17. The molecular weight excluding hydrogens is 426 g/mol. The van der Waals surface area contributed by atoms with Crippen LogP contribution in [0.3, 0.4) is 0 Å². The topological polar surface area (TPSA) is 94.3 Å². The number of pyridine rings is 1. The van der Waals surface area contributed by atoms with Crippen LogP contribution in [0.5, 0.6) is 5.75 Å². The Hall–Kier alpha value is -2.89. The third-order valence-corrected chi connectivity index (χ3v) is 8.17. The molecule has 6 nitrogen and oxygen atoms in total. The molecular formula is C28H35N3O3. The van der Waals surface area contributed by atoms with Crippen LogP contribution < -0.4 is 15.8 Å². The first kappa shape index (κ1) is 22.9. The highest BCUT2D eigenvalue weighted by molar-refractivity contribution is 5.88. The van der Waals surface area contributed by atoms with E-state index in [1.54, 1.807) is 0 Å². The van der Waals surface area contributed by atoms with Crippen LogP contribution in [0.2, 0.25) is 0 Å². The van der Waals surface area contributed by atoms with E-state index in [0.29, 0.717) is 12.5 Å². The van der Waals surface area contributed by atoms with Gasteiger partial charge >= 0.3 is 0 Å². The number of primary amides is 1. The van der Waals surface area contributed by atoms with Crippen LogP contribution in [0, 0.1) is 5.92 Å². The van der Waals surface area contributed by atoms with Crippen molar-refractivity contribution in [3.05, 3.63) is 58.9 Å². The van der Waals surface area contributed by atoms with Crippen molar-refractivity contribution in [2.45, 2.75) is 75.5 Å². The Bertz CT molecular complexity index is 1060. The molecule has 0 unspecified atom stereocenters. The fourth-order valence-electron chi connectivity index (χ4n) is 5.56. The smallest absolute Gasteiger partial charge is 0.231 e. The molecule has 0 saturated heterocycles. The van der Waals surface area contributed by atoms with Gasteiger partial charge in [0.2, 0.25) is 11.8 Å². The van der Waals surface area contributed by atoms with E-state index in [4.69, 9.17) is 15.5 Å². The number of nitrogens with zero attached hydrogens (tertiary/aromatic N) is 1. The number of hydrogen-bond donors (Lipinski definition) is 2. The summed E-state index contributed by atoms with van der Waals surface area (Å²) >= 11 is 0. The van der Waals surface area contributed by atoms with Gasteiger partial charge in [0.15, 0.2) is 0 Å². The summed E-state index contributed by atoms with van der Waals surface area (Å²) in [6.07, 6.45) is 8.83. The fourth-order valence-corrected chi connectivity index (χ4v) is 5.56. The summed E-state index contributed by atoms with van der Waals surface area (Å²) in [5, 5.41) is 3.19. The molecule has 3 N–H and O–H groups in total. The molecule has 1 aliphatic heterocycles. The first-order valence-electron chi connectivity index (χ1n) is 12.8. The van der Waals surface area contributed by atoms with Crippen molar-refractivity contribution in [2.24, 2.45) is 11.7 Å². The fraction of sp³-hybridized carbons (Fsp3) is 0.536. The summed E-state index contributed by atoms with van der Waals surface area (Å²) < 4.78 is 6.12. The van der Waals surface area contributed by atoms with Crippen LogP contribution in [-0.4, -0.2) is 29.9 Å². The van der Waals surface area contributed by atoms with E-state index in [2.05, 4.69) is 17.4 Å². The van der Waals surface area contributed by atoms with E-state index in [1.807, 2.05) is 31.2 Å². The maximum absolute atomic E-state index is 12.7. The summed E-state index contributed by atoms with van der Waals surface area (Å²) in [6, 6.07) is 12.2. The number of carbonyl (C=O) groups excluding carboxylic acids is 2. The molecule has 2 fully saturated rings. The number of nitrogens with one attached hydrogen (secondary N) is 1. The number of aromatic nitrogens is 1. The molecule has 1 aromatic carbocycles. The zero-order valence-corrected chi connectivity index (χ0v) is 20.0. The van der Waals surface area contributed by atoms with Gasteiger partial charge in [-0.2, -0.15) is 0 Å². The molecule has 0 radical (unpaired) electrons. The number of hydrogen-bond acceptors (Lipinski definition) is 4. The standard InChI is InChI=1S/C28H35N3O3/c1-28(27(29)33)17-34-25-22(28)15-23(31-24(25)19-11-6-3-7-12-19)21(18-9-4-2-5-10-18)16-30-26(32)20-13-8-14-20/h2,4-5,9-10,15,19-21H,3,6-8,11-14,16-17H2,1H3,(H2,29,33)(H,30,32)/t21-,28-/m0/s1. The molecule has 2 aliphatic carbocycles. The number of ether oxygens (including phenoxy) is 1. The lowest BCUT2D eigenvalue weighted by Crippen LogP contribution is -2.40. The third kappa shape index (κ3) is 4.19. The van der Waals surface area contributed by atoms with Crippen LogP contribution in [0.1, 0.15) is 92.6 Å². The summed E-state index contributed by atoms with van der Waals surface area (Å²) in [4.78, 5) is 30.4. The molecule has 2 aromatic rings. The van der Waals surface area contributed by atoms with E-state index in [9.17, 15) is 9.59 Å². The molecule has 180 valence electrons. The predicted molar refractivity (Wildman–Crippen MR) is 131 cm³/mol. The van der Waals surface area contributed by atoms with Gasteiger partial charge in [-0.3, -0.25) is 14.6 Å². The quantitative estimate of drug-likeness (QED) is 0.642. The number of fused-ring (bicyclic) bond motifs is 1. The van der Waals surface area contributed by atoms with Crippen molar-refractivity contribution < 1.29 is 14.3 Å². The second-order valence-electron chi connectivity index (χ2n) is 10.5. The SMILES string of the molecule is C[C@]1(C(N)=O)COc2c1cc([C@@H](CNC(=O)C1CCC1)c1ccccc1)nc2C1CCCCC1. The summed E-state index contributed by atoms with van der Waals surface area (Å²) in [5.41, 5.74) is 8.76. The lowest BCUT2D eigenvalue weighted by atomic mass is 9.79. The molecule has 2 heterocycles. The van der Waals surface area contributed by atoms with Gasteiger partial charge in [0, 0.05) is 29.9 Å². The first-order chi connectivity index (χ1) is 16.5. The van der Waals surface area contributed by atoms with Gasteiger partial charge in [0.05, 0.1) is 11.4 Å². The summed E-state index contributed by atoms with van der Waals surface area (Å²) in [5.74, 6) is 0.837.